The van der Waals surface area contributed by atoms with Crippen molar-refractivity contribution in [1.82, 2.24) is 15.5 Å². The summed E-state index contributed by atoms with van der Waals surface area (Å²) in [7, 11) is 3.03. The summed E-state index contributed by atoms with van der Waals surface area (Å²) in [5.41, 5.74) is 0.869. The lowest BCUT2D eigenvalue weighted by Gasteiger charge is -2.34. The van der Waals surface area contributed by atoms with Gasteiger partial charge in [-0.15, -0.1) is 0 Å². The maximum absolute atomic E-state index is 14.3. The first-order chi connectivity index (χ1) is 20.8. The molecule has 3 aromatic rings. The van der Waals surface area contributed by atoms with Crippen LogP contribution in [0.4, 0.5) is 4.39 Å². The smallest absolute Gasteiger partial charge is 0.234 e. The molecule has 3 aromatic carbocycles. The second-order valence-corrected chi connectivity index (χ2v) is 11.1. The second kappa shape index (κ2) is 13.4. The summed E-state index contributed by atoms with van der Waals surface area (Å²) in [5, 5.41) is 28.2. The number of rotatable bonds is 10. The zero-order chi connectivity index (χ0) is 30.4. The number of halogens is 1. The topological polar surface area (TPSA) is 116 Å². The Kier molecular flexibility index (Phi) is 9.46. The van der Waals surface area contributed by atoms with Crippen molar-refractivity contribution in [2.75, 3.05) is 46.9 Å². The van der Waals surface area contributed by atoms with Gasteiger partial charge in [-0.25, -0.2) is 4.39 Å². The van der Waals surface area contributed by atoms with Gasteiger partial charge in [0.2, 0.25) is 5.91 Å². The molecule has 3 atom stereocenters. The van der Waals surface area contributed by atoms with Crippen LogP contribution in [-0.4, -0.2) is 68.9 Å². The molecule has 226 valence electrons. The van der Waals surface area contributed by atoms with E-state index in [2.05, 4.69) is 21.6 Å². The lowest BCUT2D eigenvalue weighted by molar-refractivity contribution is -0.125. The molecule has 0 bridgehead atoms. The van der Waals surface area contributed by atoms with Gasteiger partial charge in [0.15, 0.2) is 0 Å². The number of hydrogen-bond donors (Lipinski definition) is 3. The molecule has 0 spiro atoms. The average molecular weight is 589 g/mol. The van der Waals surface area contributed by atoms with E-state index >= 15 is 0 Å². The summed E-state index contributed by atoms with van der Waals surface area (Å²) < 4.78 is 31.9. The van der Waals surface area contributed by atoms with Gasteiger partial charge in [-0.05, 0) is 54.2 Å². The number of amides is 1. The summed E-state index contributed by atoms with van der Waals surface area (Å²) in [5.74, 6) is 0.349. The monoisotopic (exact) mass is 588 g/mol. The Labute approximate surface area is 251 Å². The van der Waals surface area contributed by atoms with Crippen LogP contribution in [-0.2, 0) is 17.0 Å². The van der Waals surface area contributed by atoms with Crippen molar-refractivity contribution in [2.24, 2.45) is 0 Å². The standard InChI is InChI=1S/C33H37FN4O5/c1-41-27-16-28(42-2)32(29(17-27)43-21-23-8-6-22(19-35)7-9-23)33(40)18-25(24-4-3-5-26(34)14-24)15-30(33)37-31(39)20-38-12-10-36-11-13-38/h3-9,14,16-17,25,30,36,40H,10-13,15,18,20-21H2,1-2H3,(H,37,39)/t25-,30+,33-/m1/s1. The largest absolute Gasteiger partial charge is 0.496 e. The van der Waals surface area contributed by atoms with Gasteiger partial charge in [0.1, 0.15) is 35.3 Å². The second-order valence-electron chi connectivity index (χ2n) is 11.1. The maximum Gasteiger partial charge on any atom is 0.234 e. The van der Waals surface area contributed by atoms with E-state index in [0.29, 0.717) is 34.8 Å². The third kappa shape index (κ3) is 6.91. The average Bonchev–Trinajstić information content (AvgIpc) is 3.36. The van der Waals surface area contributed by atoms with Crippen LogP contribution in [0.1, 0.15) is 41.0 Å². The van der Waals surface area contributed by atoms with Gasteiger partial charge in [-0.2, -0.15) is 5.26 Å². The predicted molar refractivity (Wildman–Crippen MR) is 159 cm³/mol. The first kappa shape index (κ1) is 30.3. The molecule has 1 heterocycles. The molecular formula is C33H37FN4O5. The molecule has 9 nitrogen and oxygen atoms in total. The van der Waals surface area contributed by atoms with Crippen LogP contribution in [0.2, 0.25) is 0 Å². The number of carbonyl (C=O) groups is 1. The minimum Gasteiger partial charge on any atom is -0.496 e. The van der Waals surface area contributed by atoms with Crippen LogP contribution in [0.5, 0.6) is 17.2 Å². The molecule has 3 N–H and O–H groups in total. The zero-order valence-electron chi connectivity index (χ0n) is 24.4. The zero-order valence-corrected chi connectivity index (χ0v) is 24.4. The molecule has 5 rings (SSSR count). The van der Waals surface area contributed by atoms with E-state index in [-0.39, 0.29) is 37.2 Å². The Balaban J connectivity index is 1.51. The van der Waals surface area contributed by atoms with Crippen LogP contribution in [0.15, 0.2) is 60.7 Å². The van der Waals surface area contributed by atoms with E-state index in [1.54, 1.807) is 42.5 Å². The quantitative estimate of drug-likeness (QED) is 0.330. The number of hydrogen-bond acceptors (Lipinski definition) is 8. The van der Waals surface area contributed by atoms with Crippen molar-refractivity contribution >= 4 is 5.91 Å². The van der Waals surface area contributed by atoms with E-state index in [0.717, 1.165) is 37.3 Å². The highest BCUT2D eigenvalue weighted by atomic mass is 19.1. The molecule has 1 aliphatic carbocycles. The van der Waals surface area contributed by atoms with E-state index in [1.165, 1.54) is 26.4 Å². The van der Waals surface area contributed by atoms with Gasteiger partial charge in [-0.1, -0.05) is 24.3 Å². The van der Waals surface area contributed by atoms with Gasteiger partial charge in [-0.3, -0.25) is 9.69 Å². The SMILES string of the molecule is COc1cc(OC)c([C@@]2(O)C[C@H](c3cccc(F)c3)C[C@@H]2NC(=O)CN2CCNCC2)c(OCc2ccc(C#N)cc2)c1. The minimum absolute atomic E-state index is 0.151. The summed E-state index contributed by atoms with van der Waals surface area (Å²) in [6.45, 7) is 3.50. The summed E-state index contributed by atoms with van der Waals surface area (Å²) in [4.78, 5) is 15.4. The molecule has 0 aromatic heterocycles. The van der Waals surface area contributed by atoms with Crippen LogP contribution in [0.25, 0.3) is 0 Å². The molecule has 1 saturated carbocycles. The van der Waals surface area contributed by atoms with Crippen LogP contribution in [0, 0.1) is 17.1 Å². The van der Waals surface area contributed by atoms with Crippen molar-refractivity contribution in [3.05, 3.63) is 88.7 Å². The Bertz CT molecular complexity index is 1470. The maximum atomic E-state index is 14.3. The van der Waals surface area contributed by atoms with Crippen molar-refractivity contribution in [3.63, 3.8) is 0 Å². The molecular weight excluding hydrogens is 551 g/mol. The van der Waals surface area contributed by atoms with E-state index < -0.39 is 11.6 Å². The minimum atomic E-state index is -1.62. The Hall–Kier alpha value is -4.17. The van der Waals surface area contributed by atoms with Gasteiger partial charge >= 0.3 is 0 Å². The number of ether oxygens (including phenoxy) is 3. The van der Waals surface area contributed by atoms with Crippen LogP contribution < -0.4 is 24.8 Å². The highest BCUT2D eigenvalue weighted by Crippen LogP contribution is 2.53. The first-order valence-corrected chi connectivity index (χ1v) is 14.4. The molecule has 0 unspecified atom stereocenters. The number of nitrogens with one attached hydrogen (secondary N) is 2. The summed E-state index contributed by atoms with van der Waals surface area (Å²) in [6, 6.07) is 18.1. The Morgan fingerprint density at radius 3 is 2.53 bits per heavy atom. The van der Waals surface area contributed by atoms with Gasteiger partial charge in [0.05, 0.1) is 44.0 Å². The molecule has 1 saturated heterocycles. The fourth-order valence-corrected chi connectivity index (χ4v) is 6.08. The number of piperazine rings is 1. The third-order valence-electron chi connectivity index (χ3n) is 8.29. The van der Waals surface area contributed by atoms with Crippen LogP contribution >= 0.6 is 0 Å². The van der Waals surface area contributed by atoms with Crippen molar-refractivity contribution in [1.29, 1.82) is 5.26 Å². The number of aliphatic hydroxyl groups is 1. The van der Waals surface area contributed by atoms with Gasteiger partial charge in [0, 0.05) is 38.3 Å². The van der Waals surface area contributed by atoms with E-state index in [1.807, 2.05) is 6.07 Å². The molecule has 2 fully saturated rings. The van der Waals surface area contributed by atoms with Gasteiger partial charge in [0.25, 0.3) is 0 Å². The number of benzene rings is 3. The molecule has 10 heteroatoms. The number of nitriles is 1. The number of methoxy groups -OCH3 is 2. The molecule has 43 heavy (non-hydrogen) atoms. The van der Waals surface area contributed by atoms with Crippen molar-refractivity contribution < 1.29 is 28.5 Å². The molecule has 2 aliphatic rings. The van der Waals surface area contributed by atoms with E-state index in [9.17, 15) is 14.3 Å². The van der Waals surface area contributed by atoms with Gasteiger partial charge < -0.3 is 30.0 Å². The normalized spacial score (nSPS) is 22.0. The van der Waals surface area contributed by atoms with Crippen molar-refractivity contribution in [3.8, 4) is 23.3 Å². The Morgan fingerprint density at radius 1 is 1.12 bits per heavy atom. The number of nitrogens with zero attached hydrogens (tertiary/aromatic N) is 2. The highest BCUT2D eigenvalue weighted by molar-refractivity contribution is 5.78. The molecule has 0 radical (unpaired) electrons. The lowest BCUT2D eigenvalue weighted by Crippen LogP contribution is -2.52. The summed E-state index contributed by atoms with van der Waals surface area (Å²) >= 11 is 0. The fraction of sp³-hybridized carbons (Fsp3) is 0.394. The predicted octanol–water partition coefficient (Wildman–Crippen LogP) is 3.45. The summed E-state index contributed by atoms with van der Waals surface area (Å²) in [6.07, 6.45) is 0.586. The van der Waals surface area contributed by atoms with E-state index in [4.69, 9.17) is 19.5 Å². The lowest BCUT2D eigenvalue weighted by atomic mass is 9.85. The van der Waals surface area contributed by atoms with Crippen LogP contribution in [0.3, 0.4) is 0 Å². The van der Waals surface area contributed by atoms with Crippen molar-refractivity contribution in [2.45, 2.75) is 37.0 Å². The molecule has 1 amide bonds. The third-order valence-corrected chi connectivity index (χ3v) is 8.29. The molecule has 1 aliphatic heterocycles. The number of carbonyl (C=O) groups excluding carboxylic acids is 1. The first-order valence-electron chi connectivity index (χ1n) is 14.4. The Morgan fingerprint density at radius 2 is 1.86 bits per heavy atom. The highest BCUT2D eigenvalue weighted by Gasteiger charge is 2.51. The fourth-order valence-electron chi connectivity index (χ4n) is 6.08.